The van der Waals surface area contributed by atoms with E-state index in [0.717, 1.165) is 5.69 Å². The molecule has 20 heavy (non-hydrogen) atoms. The van der Waals surface area contributed by atoms with Crippen LogP contribution in [0.5, 0.6) is 0 Å². The van der Waals surface area contributed by atoms with Crippen LogP contribution in [0.3, 0.4) is 0 Å². The number of Topliss-reactive ketones (excluding diaryl/α,β-unsaturated/α-hetero) is 1. The van der Waals surface area contributed by atoms with E-state index in [1.165, 1.54) is 18.1 Å². The number of hydrogen-bond donors (Lipinski definition) is 3. The number of aromatic amines is 1. The Bertz CT molecular complexity index is 504. The van der Waals surface area contributed by atoms with Crippen molar-refractivity contribution in [3.05, 3.63) is 17.7 Å². The fourth-order valence-electron chi connectivity index (χ4n) is 1.46. The molecule has 0 saturated heterocycles. The average molecular weight is 294 g/mol. The molecule has 1 rings (SSSR count). The number of nitriles is 1. The summed E-state index contributed by atoms with van der Waals surface area (Å²) in [5.41, 5.74) is 1.29. The molecule has 1 aromatic heterocycles. The van der Waals surface area contributed by atoms with E-state index >= 15 is 0 Å². The summed E-state index contributed by atoms with van der Waals surface area (Å²) in [6.07, 6.45) is 3.34. The van der Waals surface area contributed by atoms with Crippen molar-refractivity contribution in [1.29, 1.82) is 5.26 Å². The minimum Gasteiger partial charge on any atom is -0.356 e. The Balaban J connectivity index is 2.28. The van der Waals surface area contributed by atoms with Crippen molar-refractivity contribution in [2.45, 2.75) is 13.8 Å². The fraction of sp³-hybridized carbons (Fsp3) is 0.500. The van der Waals surface area contributed by atoms with Gasteiger partial charge in [0.2, 0.25) is 5.96 Å². The molecule has 0 bridgehead atoms. The summed E-state index contributed by atoms with van der Waals surface area (Å²) >= 11 is 1.50. The second-order valence-corrected chi connectivity index (χ2v) is 4.94. The first-order chi connectivity index (χ1) is 9.69. The molecule has 0 spiro atoms. The molecule has 0 fully saturated rings. The minimum absolute atomic E-state index is 0.0380. The molecule has 0 aliphatic rings. The molecule has 7 nitrogen and oxygen atoms in total. The number of guanidine groups is 1. The highest BCUT2D eigenvalue weighted by atomic mass is 32.2. The predicted molar refractivity (Wildman–Crippen MR) is 79.7 cm³/mol. The number of ketones is 1. The maximum atomic E-state index is 11.8. The van der Waals surface area contributed by atoms with E-state index in [1.807, 2.05) is 13.1 Å². The molecule has 0 unspecified atom stereocenters. The van der Waals surface area contributed by atoms with Crippen LogP contribution in [0.25, 0.3) is 0 Å². The van der Waals surface area contributed by atoms with E-state index in [4.69, 9.17) is 5.26 Å². The van der Waals surface area contributed by atoms with Crippen molar-refractivity contribution in [2.24, 2.45) is 4.99 Å². The van der Waals surface area contributed by atoms with Crippen LogP contribution in [0.4, 0.5) is 0 Å². The molecular formula is C12H18N6OS. The van der Waals surface area contributed by atoms with E-state index in [1.54, 1.807) is 6.92 Å². The largest absolute Gasteiger partial charge is 0.356 e. The molecule has 0 amide bonds. The summed E-state index contributed by atoms with van der Waals surface area (Å²) in [7, 11) is 0. The quantitative estimate of drug-likeness (QED) is 0.170. The number of thioether (sulfide) groups is 1. The van der Waals surface area contributed by atoms with Crippen LogP contribution in [0.15, 0.2) is 11.3 Å². The van der Waals surface area contributed by atoms with Crippen molar-refractivity contribution < 1.29 is 4.79 Å². The van der Waals surface area contributed by atoms with E-state index in [0.29, 0.717) is 36.2 Å². The molecule has 3 N–H and O–H groups in total. The number of carbonyl (C=O) groups excluding carboxylic acids is 1. The first-order valence-corrected chi connectivity index (χ1v) is 7.38. The Kier molecular flexibility index (Phi) is 7.21. The number of nitrogens with one attached hydrogen (secondary N) is 3. The van der Waals surface area contributed by atoms with Crippen LogP contribution < -0.4 is 10.6 Å². The molecular weight excluding hydrogens is 276 g/mol. The molecule has 108 valence electrons. The third kappa shape index (κ3) is 5.32. The lowest BCUT2D eigenvalue weighted by molar-refractivity contribution is 0.101. The molecule has 0 saturated carbocycles. The lowest BCUT2D eigenvalue weighted by Gasteiger charge is -2.04. The van der Waals surface area contributed by atoms with Gasteiger partial charge in [0.25, 0.3) is 0 Å². The average Bonchev–Trinajstić information content (AvgIpc) is 2.85. The molecule has 0 atom stereocenters. The first kappa shape index (κ1) is 16.0. The van der Waals surface area contributed by atoms with Crippen molar-refractivity contribution in [2.75, 3.05) is 24.6 Å². The Morgan fingerprint density at radius 2 is 2.45 bits per heavy atom. The topological polar surface area (TPSA) is 106 Å². The summed E-state index contributed by atoms with van der Waals surface area (Å²) in [6.45, 7) is 4.96. The monoisotopic (exact) mass is 294 g/mol. The zero-order valence-corrected chi connectivity index (χ0v) is 12.4. The molecule has 0 aliphatic heterocycles. The first-order valence-electron chi connectivity index (χ1n) is 6.23. The van der Waals surface area contributed by atoms with E-state index in [-0.39, 0.29) is 5.78 Å². The number of nitrogens with zero attached hydrogens (tertiary/aromatic N) is 3. The zero-order chi connectivity index (χ0) is 14.8. The van der Waals surface area contributed by atoms with Crippen molar-refractivity contribution in [3.8, 4) is 6.19 Å². The van der Waals surface area contributed by atoms with Crippen LogP contribution in [-0.4, -0.2) is 46.3 Å². The van der Waals surface area contributed by atoms with Gasteiger partial charge in [0.05, 0.1) is 24.3 Å². The van der Waals surface area contributed by atoms with Gasteiger partial charge in [-0.05, 0) is 13.8 Å². The van der Waals surface area contributed by atoms with E-state index in [2.05, 4.69) is 25.6 Å². The summed E-state index contributed by atoms with van der Waals surface area (Å²) < 4.78 is 0. The van der Waals surface area contributed by atoms with Crippen LogP contribution in [-0.2, 0) is 0 Å². The summed E-state index contributed by atoms with van der Waals surface area (Å²) in [4.78, 5) is 22.9. The highest BCUT2D eigenvalue weighted by molar-refractivity contribution is 8.00. The smallest absolute Gasteiger partial charge is 0.204 e. The third-order valence-electron chi connectivity index (χ3n) is 2.36. The van der Waals surface area contributed by atoms with Crippen LogP contribution in [0.1, 0.15) is 23.1 Å². The highest BCUT2D eigenvalue weighted by Gasteiger charge is 2.10. The van der Waals surface area contributed by atoms with Crippen molar-refractivity contribution >= 4 is 23.5 Å². The summed E-state index contributed by atoms with van der Waals surface area (Å²) in [5, 5.41) is 13.9. The second kappa shape index (κ2) is 8.98. The van der Waals surface area contributed by atoms with Crippen molar-refractivity contribution in [3.63, 3.8) is 0 Å². The molecule has 0 aliphatic carbocycles. The number of H-pyrrole nitrogens is 1. The molecule has 1 aromatic rings. The van der Waals surface area contributed by atoms with Crippen LogP contribution in [0.2, 0.25) is 0 Å². The number of imidazole rings is 1. The van der Waals surface area contributed by atoms with Gasteiger partial charge in [-0.1, -0.05) is 0 Å². The number of aryl methyl sites for hydroxylation is 1. The lowest BCUT2D eigenvalue weighted by atomic mass is 10.3. The number of hydrogen-bond acceptors (Lipinski definition) is 5. The number of carbonyl (C=O) groups is 1. The Morgan fingerprint density at radius 1 is 1.65 bits per heavy atom. The van der Waals surface area contributed by atoms with Gasteiger partial charge >= 0.3 is 0 Å². The maximum Gasteiger partial charge on any atom is 0.204 e. The predicted octanol–water partition coefficient (Wildman–Crippen LogP) is 0.670. The van der Waals surface area contributed by atoms with Gasteiger partial charge < -0.3 is 10.3 Å². The molecule has 0 aromatic carbocycles. The minimum atomic E-state index is 0.0380. The van der Waals surface area contributed by atoms with Gasteiger partial charge in [-0.3, -0.25) is 15.1 Å². The van der Waals surface area contributed by atoms with Gasteiger partial charge in [-0.25, -0.2) is 4.98 Å². The second-order valence-electron chi connectivity index (χ2n) is 3.84. The van der Waals surface area contributed by atoms with Gasteiger partial charge in [0.15, 0.2) is 12.0 Å². The molecule has 1 heterocycles. The summed E-state index contributed by atoms with van der Waals surface area (Å²) in [5.74, 6) is 1.60. The number of rotatable bonds is 7. The maximum absolute atomic E-state index is 11.8. The fourth-order valence-corrected chi connectivity index (χ4v) is 2.16. The third-order valence-corrected chi connectivity index (χ3v) is 3.30. The molecule has 0 radical (unpaired) electrons. The standard InChI is InChI=1S/C12H18N6OS/c1-3-14-12(16-7-13)15-4-5-20-6-10(19)11-9(2)17-8-18-11/h8H,3-6H2,1-2H3,(H,17,18)(H2,14,15,16). The van der Waals surface area contributed by atoms with E-state index < -0.39 is 0 Å². The van der Waals surface area contributed by atoms with Crippen LogP contribution in [0, 0.1) is 18.4 Å². The lowest BCUT2D eigenvalue weighted by Crippen LogP contribution is -2.34. The number of aromatic nitrogens is 2. The van der Waals surface area contributed by atoms with Crippen molar-refractivity contribution in [1.82, 2.24) is 20.6 Å². The van der Waals surface area contributed by atoms with Gasteiger partial charge in [0, 0.05) is 12.3 Å². The highest BCUT2D eigenvalue weighted by Crippen LogP contribution is 2.07. The van der Waals surface area contributed by atoms with E-state index in [9.17, 15) is 4.79 Å². The molecule has 8 heteroatoms. The number of aliphatic imine (C=N–C) groups is 1. The Morgan fingerprint density at radius 3 is 3.05 bits per heavy atom. The summed E-state index contributed by atoms with van der Waals surface area (Å²) in [6, 6.07) is 0. The van der Waals surface area contributed by atoms with Crippen LogP contribution >= 0.6 is 11.8 Å². The van der Waals surface area contributed by atoms with Gasteiger partial charge in [-0.2, -0.15) is 17.0 Å². The van der Waals surface area contributed by atoms with Gasteiger partial charge in [0.1, 0.15) is 5.69 Å². The Labute approximate surface area is 122 Å². The van der Waals surface area contributed by atoms with Gasteiger partial charge in [-0.15, -0.1) is 0 Å². The Hall–Kier alpha value is -2.01. The normalized spacial score (nSPS) is 10.9. The zero-order valence-electron chi connectivity index (χ0n) is 11.6. The SMILES string of the molecule is CCNC(=NCCSCC(=O)c1[nH]cnc1C)NC#N.